The maximum absolute atomic E-state index is 13.0. The average Bonchev–Trinajstić information content (AvgIpc) is 2.57. The van der Waals surface area contributed by atoms with Crippen LogP contribution in [0.15, 0.2) is 24.3 Å². The maximum Gasteiger partial charge on any atom is 0.420 e. The van der Waals surface area contributed by atoms with Gasteiger partial charge in [-0.3, -0.25) is 4.18 Å². The molecule has 2 aliphatic rings. The fourth-order valence-electron chi connectivity index (χ4n) is 2.19. The summed E-state index contributed by atoms with van der Waals surface area (Å²) in [6.07, 6.45) is 1.18. The molecule has 7 heteroatoms. The van der Waals surface area contributed by atoms with Gasteiger partial charge in [0.05, 0.1) is 6.26 Å². The first-order valence-electron chi connectivity index (χ1n) is 4.51. The second-order valence-electron chi connectivity index (χ2n) is 3.90. The van der Waals surface area contributed by atoms with Gasteiger partial charge >= 0.3 is 6.18 Å². The van der Waals surface area contributed by atoms with Crippen molar-refractivity contribution in [3.05, 3.63) is 24.3 Å². The zero-order chi connectivity index (χ0) is 12.2. The van der Waals surface area contributed by atoms with E-state index in [1.54, 1.807) is 0 Å². The first kappa shape index (κ1) is 11.7. The fraction of sp³-hybridized carbons (Fsp3) is 0.556. The van der Waals surface area contributed by atoms with E-state index >= 15 is 0 Å². The molecule has 2 bridgehead atoms. The minimum absolute atomic E-state index is 0.623. The van der Waals surface area contributed by atoms with Crippen LogP contribution in [0.3, 0.4) is 0 Å². The van der Waals surface area contributed by atoms with Gasteiger partial charge in [0.25, 0.3) is 10.1 Å². The maximum atomic E-state index is 13.0. The lowest BCUT2D eigenvalue weighted by Crippen LogP contribution is -2.53. The summed E-state index contributed by atoms with van der Waals surface area (Å²) >= 11 is 0. The van der Waals surface area contributed by atoms with Crippen molar-refractivity contribution in [3.63, 3.8) is 0 Å². The standard InChI is InChI=1S/C9H9F3O3S/c1-16(13,14)15-8(9(10,11)12)6-2-3-7(8)5-4-6/h2-7H,1H3. The Morgan fingerprint density at radius 1 is 1.12 bits per heavy atom. The smallest absolute Gasteiger partial charge is 0.252 e. The summed E-state index contributed by atoms with van der Waals surface area (Å²) in [5.41, 5.74) is -2.67. The van der Waals surface area contributed by atoms with Crippen LogP contribution in [0, 0.1) is 11.8 Å². The largest absolute Gasteiger partial charge is 0.420 e. The number of fused-ring (bicyclic) bond motifs is 2. The van der Waals surface area contributed by atoms with Crippen molar-refractivity contribution < 1.29 is 25.8 Å². The lowest BCUT2D eigenvalue weighted by molar-refractivity contribution is -0.258. The summed E-state index contributed by atoms with van der Waals surface area (Å²) in [6, 6.07) is 0. The van der Waals surface area contributed by atoms with Gasteiger partial charge < -0.3 is 0 Å². The first-order chi connectivity index (χ1) is 7.17. The molecule has 0 radical (unpaired) electrons. The number of alkyl halides is 3. The van der Waals surface area contributed by atoms with E-state index < -0.39 is 33.7 Å². The number of hydrogen-bond acceptors (Lipinski definition) is 3. The van der Waals surface area contributed by atoms with E-state index in [1.165, 1.54) is 24.3 Å². The molecule has 0 aromatic heterocycles. The quantitative estimate of drug-likeness (QED) is 0.555. The summed E-state index contributed by atoms with van der Waals surface area (Å²) in [7, 11) is -4.17. The van der Waals surface area contributed by atoms with Crippen LogP contribution < -0.4 is 0 Å². The molecule has 0 unspecified atom stereocenters. The summed E-state index contributed by atoms with van der Waals surface area (Å²) in [4.78, 5) is 0. The molecular weight excluding hydrogens is 245 g/mol. The molecule has 0 aromatic rings. The van der Waals surface area contributed by atoms with E-state index in [0.29, 0.717) is 6.26 Å². The normalized spacial score (nSPS) is 37.2. The van der Waals surface area contributed by atoms with E-state index in [2.05, 4.69) is 4.18 Å². The topological polar surface area (TPSA) is 43.4 Å². The predicted molar refractivity (Wildman–Crippen MR) is 50.0 cm³/mol. The van der Waals surface area contributed by atoms with Crippen LogP contribution in [-0.4, -0.2) is 26.5 Å². The van der Waals surface area contributed by atoms with Crippen LogP contribution in [0.4, 0.5) is 13.2 Å². The Balaban J connectivity index is 2.46. The molecule has 0 aromatic carbocycles. The molecule has 0 spiro atoms. The van der Waals surface area contributed by atoms with Gasteiger partial charge in [0.1, 0.15) is 0 Å². The van der Waals surface area contributed by atoms with Crippen LogP contribution >= 0.6 is 0 Å². The molecule has 0 amide bonds. The summed E-state index contributed by atoms with van der Waals surface area (Å²) in [6.45, 7) is 0. The molecule has 2 aliphatic carbocycles. The molecule has 0 fully saturated rings. The number of rotatable bonds is 2. The summed E-state index contributed by atoms with van der Waals surface area (Å²) in [5, 5.41) is 0. The van der Waals surface area contributed by atoms with Gasteiger partial charge in [-0.2, -0.15) is 21.6 Å². The van der Waals surface area contributed by atoms with Gasteiger partial charge in [-0.25, -0.2) is 0 Å². The lowest BCUT2D eigenvalue weighted by Gasteiger charge is -2.35. The SMILES string of the molecule is CS(=O)(=O)OC1(C(F)(F)F)C2C=CC1C=C2. The van der Waals surface area contributed by atoms with Crippen LogP contribution in [0.1, 0.15) is 0 Å². The Kier molecular flexibility index (Phi) is 2.26. The lowest BCUT2D eigenvalue weighted by atomic mass is 9.88. The van der Waals surface area contributed by atoms with Crippen molar-refractivity contribution in [1.82, 2.24) is 0 Å². The van der Waals surface area contributed by atoms with E-state index in [4.69, 9.17) is 0 Å². The molecule has 90 valence electrons. The molecule has 3 nitrogen and oxygen atoms in total. The molecule has 0 heterocycles. The Bertz CT molecular complexity index is 431. The second-order valence-corrected chi connectivity index (χ2v) is 5.47. The van der Waals surface area contributed by atoms with Gasteiger partial charge in [-0.1, -0.05) is 24.3 Å². The van der Waals surface area contributed by atoms with E-state index in [9.17, 15) is 21.6 Å². The molecule has 0 saturated heterocycles. The number of hydrogen-bond donors (Lipinski definition) is 0. The highest BCUT2D eigenvalue weighted by Gasteiger charge is 2.68. The van der Waals surface area contributed by atoms with Gasteiger partial charge in [0, 0.05) is 11.8 Å². The highest BCUT2D eigenvalue weighted by atomic mass is 32.2. The minimum atomic E-state index is -4.74. The molecule has 0 atom stereocenters. The van der Waals surface area contributed by atoms with E-state index in [-0.39, 0.29) is 0 Å². The molecule has 0 saturated carbocycles. The molecule has 0 N–H and O–H groups in total. The van der Waals surface area contributed by atoms with E-state index in [1.807, 2.05) is 0 Å². The van der Waals surface area contributed by atoms with Crippen LogP contribution in [-0.2, 0) is 14.3 Å². The third kappa shape index (κ3) is 1.49. The average molecular weight is 254 g/mol. The van der Waals surface area contributed by atoms with Crippen molar-refractivity contribution >= 4 is 10.1 Å². The van der Waals surface area contributed by atoms with Gasteiger partial charge in [0.2, 0.25) is 5.60 Å². The van der Waals surface area contributed by atoms with Crippen LogP contribution in [0.5, 0.6) is 0 Å². The molecule has 0 aliphatic heterocycles. The van der Waals surface area contributed by atoms with Crippen molar-refractivity contribution in [1.29, 1.82) is 0 Å². The van der Waals surface area contributed by atoms with Crippen molar-refractivity contribution in [3.8, 4) is 0 Å². The van der Waals surface area contributed by atoms with E-state index in [0.717, 1.165) is 0 Å². The third-order valence-corrected chi connectivity index (χ3v) is 3.35. The number of halogens is 3. The van der Waals surface area contributed by atoms with Crippen LogP contribution in [0.25, 0.3) is 0 Å². The van der Waals surface area contributed by atoms with Gasteiger partial charge in [0.15, 0.2) is 0 Å². The minimum Gasteiger partial charge on any atom is -0.252 e. The predicted octanol–water partition coefficient (Wildman–Crippen LogP) is 1.64. The highest BCUT2D eigenvalue weighted by Crippen LogP contribution is 2.54. The summed E-state index contributed by atoms with van der Waals surface area (Å²) in [5.74, 6) is -2.13. The third-order valence-electron chi connectivity index (χ3n) is 2.77. The highest BCUT2D eigenvalue weighted by molar-refractivity contribution is 7.86. The molecule has 2 rings (SSSR count). The Hall–Kier alpha value is -0.820. The zero-order valence-corrected chi connectivity index (χ0v) is 9.05. The second kappa shape index (κ2) is 3.10. The monoisotopic (exact) mass is 254 g/mol. The first-order valence-corrected chi connectivity index (χ1v) is 6.32. The van der Waals surface area contributed by atoms with Gasteiger partial charge in [-0.15, -0.1) is 0 Å². The molecular formula is C9H9F3O3S. The van der Waals surface area contributed by atoms with Crippen LogP contribution in [0.2, 0.25) is 0 Å². The van der Waals surface area contributed by atoms with Gasteiger partial charge in [-0.05, 0) is 0 Å². The van der Waals surface area contributed by atoms with Crippen molar-refractivity contribution in [2.75, 3.05) is 6.26 Å². The van der Waals surface area contributed by atoms with Crippen molar-refractivity contribution in [2.24, 2.45) is 11.8 Å². The molecule has 16 heavy (non-hydrogen) atoms. The zero-order valence-electron chi connectivity index (χ0n) is 8.23. The summed E-state index contributed by atoms with van der Waals surface area (Å²) < 4.78 is 65.4. The Morgan fingerprint density at radius 2 is 1.50 bits per heavy atom. The Labute approximate surface area is 90.7 Å². The fourth-order valence-corrected chi connectivity index (χ4v) is 3.01. The Morgan fingerprint density at radius 3 is 1.75 bits per heavy atom. The van der Waals surface area contributed by atoms with Crippen molar-refractivity contribution in [2.45, 2.75) is 11.8 Å².